The molecule has 0 radical (unpaired) electrons. The lowest BCUT2D eigenvalue weighted by atomic mass is 10.1. The van der Waals surface area contributed by atoms with Crippen LogP contribution in [0.25, 0.3) is 0 Å². The van der Waals surface area contributed by atoms with Crippen LogP contribution in [-0.2, 0) is 29.6 Å². The third kappa shape index (κ3) is 18.5. The second kappa shape index (κ2) is 19.8. The smallest absolute Gasteiger partial charge is 0.379 e. The summed E-state index contributed by atoms with van der Waals surface area (Å²) in [5.41, 5.74) is 0. The molecule has 0 saturated heterocycles. The highest BCUT2D eigenvalue weighted by Gasteiger charge is 2.21. The van der Waals surface area contributed by atoms with Gasteiger partial charge in [0, 0.05) is 18.7 Å². The predicted octanol–water partition coefficient (Wildman–Crippen LogP) is 5.06. The van der Waals surface area contributed by atoms with Gasteiger partial charge in [0.05, 0.1) is 26.4 Å². The van der Waals surface area contributed by atoms with Crippen molar-refractivity contribution in [1.82, 2.24) is 0 Å². The lowest BCUT2D eigenvalue weighted by Gasteiger charge is -2.11. The van der Waals surface area contributed by atoms with Crippen LogP contribution in [0.4, 0.5) is 0 Å². The number of phosphoric acid groups is 1. The molecule has 31 heavy (non-hydrogen) atoms. The van der Waals surface area contributed by atoms with Crippen LogP contribution in [0.1, 0.15) is 71.1 Å². The van der Waals surface area contributed by atoms with Crippen LogP contribution >= 0.6 is 7.82 Å². The van der Waals surface area contributed by atoms with E-state index in [2.05, 4.69) is 6.92 Å². The maximum Gasteiger partial charge on any atom is 0.472 e. The van der Waals surface area contributed by atoms with Gasteiger partial charge >= 0.3 is 7.82 Å². The summed E-state index contributed by atoms with van der Waals surface area (Å²) in [6, 6.07) is 5.67. The van der Waals surface area contributed by atoms with Gasteiger partial charge in [-0.05, 0) is 6.42 Å². The molecule has 1 atom stereocenters. The molecule has 1 rings (SSSR count). The molecule has 8 heteroatoms. The van der Waals surface area contributed by atoms with Gasteiger partial charge in [-0.15, -0.1) is 0 Å². The minimum absolute atomic E-state index is 0.00466. The molecule has 0 aliphatic heterocycles. The van der Waals surface area contributed by atoms with E-state index < -0.39 is 7.82 Å². The van der Waals surface area contributed by atoms with Crippen molar-refractivity contribution in [3.05, 3.63) is 30.6 Å². The average Bonchev–Trinajstić information content (AvgIpc) is 2.76. The summed E-state index contributed by atoms with van der Waals surface area (Å²) >= 11 is 0. The third-order valence-electron chi connectivity index (χ3n) is 4.88. The van der Waals surface area contributed by atoms with E-state index in [1.165, 1.54) is 57.8 Å². The number of hydrogen-bond acceptors (Lipinski definition) is 5. The van der Waals surface area contributed by atoms with E-state index in [4.69, 9.17) is 18.5 Å². The Morgan fingerprint density at radius 3 is 1.84 bits per heavy atom. The number of ether oxygens (including phenoxy) is 2. The van der Waals surface area contributed by atoms with Crippen LogP contribution in [0, 0.1) is 0 Å². The van der Waals surface area contributed by atoms with Gasteiger partial charge in [-0.1, -0.05) is 70.8 Å². The van der Waals surface area contributed by atoms with Crippen molar-refractivity contribution in [2.75, 3.05) is 39.6 Å². The Kier molecular flexibility index (Phi) is 18.1. The number of hydrogen-bond donors (Lipinski definition) is 1. The van der Waals surface area contributed by atoms with E-state index in [9.17, 15) is 9.46 Å². The molecule has 1 aromatic rings. The summed E-state index contributed by atoms with van der Waals surface area (Å²) in [6.07, 6.45) is 16.9. The molecule has 0 aromatic carbocycles. The molecule has 0 aliphatic carbocycles. The molecule has 1 unspecified atom stereocenters. The van der Waals surface area contributed by atoms with Gasteiger partial charge in [0.25, 0.3) is 0 Å². The molecule has 180 valence electrons. The highest BCUT2D eigenvalue weighted by atomic mass is 31.2. The maximum absolute atomic E-state index is 11.8. The van der Waals surface area contributed by atoms with E-state index in [0.717, 1.165) is 13.0 Å². The van der Waals surface area contributed by atoms with E-state index in [0.29, 0.717) is 19.8 Å². The summed E-state index contributed by atoms with van der Waals surface area (Å²) in [7, 11) is -4.04. The Hall–Kier alpha value is -0.820. The Morgan fingerprint density at radius 1 is 0.677 bits per heavy atom. The second-order valence-electron chi connectivity index (χ2n) is 7.66. The molecule has 0 aliphatic rings. The normalized spacial score (nSPS) is 13.4. The molecule has 0 spiro atoms. The lowest BCUT2D eigenvalue weighted by molar-refractivity contribution is -0.697. The molecular weight excluding hydrogens is 417 g/mol. The van der Waals surface area contributed by atoms with Gasteiger partial charge in [0.2, 0.25) is 0 Å². The van der Waals surface area contributed by atoms with Gasteiger partial charge in [0.15, 0.2) is 18.9 Å². The summed E-state index contributed by atoms with van der Waals surface area (Å²) in [6.45, 7) is 4.78. The fraction of sp³-hybridized carbons (Fsp3) is 0.783. The molecule has 0 fully saturated rings. The monoisotopic (exact) mass is 460 g/mol. The van der Waals surface area contributed by atoms with Crippen LogP contribution in [0.15, 0.2) is 30.6 Å². The first-order valence-corrected chi connectivity index (χ1v) is 13.3. The Balaban J connectivity index is 1.81. The first-order chi connectivity index (χ1) is 15.1. The molecule has 0 saturated carbocycles. The van der Waals surface area contributed by atoms with Crippen LogP contribution in [-0.4, -0.2) is 44.5 Å². The van der Waals surface area contributed by atoms with Gasteiger partial charge in [0.1, 0.15) is 6.61 Å². The van der Waals surface area contributed by atoms with Crippen LogP contribution in [0.5, 0.6) is 0 Å². The molecule has 0 amide bonds. The predicted molar refractivity (Wildman–Crippen MR) is 122 cm³/mol. The average molecular weight is 461 g/mol. The van der Waals surface area contributed by atoms with Gasteiger partial charge in [-0.3, -0.25) is 9.05 Å². The fourth-order valence-corrected chi connectivity index (χ4v) is 3.80. The summed E-state index contributed by atoms with van der Waals surface area (Å²) in [5.74, 6) is 0. The van der Waals surface area contributed by atoms with Gasteiger partial charge < -0.3 is 14.4 Å². The van der Waals surface area contributed by atoms with E-state index in [1.807, 2.05) is 35.2 Å². The molecular formula is C23H43NO6P+. The molecule has 7 nitrogen and oxygen atoms in total. The standard InChI is InChI=1S/C23H42NO6P/c1-2-3-4-5-6-7-8-9-10-14-18-27-20-21-28-22-23-30-31(25,26)29-19-17-24-15-12-11-13-16-24/h11-13,15-16H,2-10,14,17-23H2,1H3/p+1. The lowest BCUT2D eigenvalue weighted by Crippen LogP contribution is -2.34. The quantitative estimate of drug-likeness (QED) is 0.148. The SMILES string of the molecule is CCCCCCCCCCCCOCCOCCOP(=O)(O)OCC[n+]1ccccc1. The third-order valence-corrected chi connectivity index (χ3v) is 5.90. The van der Waals surface area contributed by atoms with Gasteiger partial charge in [-0.2, -0.15) is 0 Å². The minimum atomic E-state index is -4.04. The van der Waals surface area contributed by atoms with Crippen molar-refractivity contribution in [1.29, 1.82) is 0 Å². The van der Waals surface area contributed by atoms with Crippen molar-refractivity contribution < 1.29 is 32.5 Å². The Morgan fingerprint density at radius 2 is 1.19 bits per heavy atom. The number of phosphoric ester groups is 1. The zero-order valence-corrected chi connectivity index (χ0v) is 20.2. The summed E-state index contributed by atoms with van der Waals surface area (Å²) < 4.78 is 34.4. The van der Waals surface area contributed by atoms with Crippen molar-refractivity contribution in [2.24, 2.45) is 0 Å². The van der Waals surface area contributed by atoms with Crippen LogP contribution < -0.4 is 4.57 Å². The molecule has 1 aromatic heterocycles. The van der Waals surface area contributed by atoms with Crippen LogP contribution in [0.2, 0.25) is 0 Å². The molecule has 1 N–H and O–H groups in total. The second-order valence-corrected chi connectivity index (χ2v) is 9.11. The highest BCUT2D eigenvalue weighted by molar-refractivity contribution is 7.47. The fourth-order valence-electron chi connectivity index (χ4n) is 3.11. The highest BCUT2D eigenvalue weighted by Crippen LogP contribution is 2.42. The Labute approximate surface area is 188 Å². The van der Waals surface area contributed by atoms with E-state index >= 15 is 0 Å². The summed E-state index contributed by atoms with van der Waals surface area (Å²) in [5, 5.41) is 0. The maximum atomic E-state index is 11.8. The molecule has 1 heterocycles. The number of aromatic nitrogens is 1. The number of unbranched alkanes of at least 4 members (excludes halogenated alkanes) is 9. The number of pyridine rings is 1. The Bertz CT molecular complexity index is 560. The number of rotatable bonds is 22. The first-order valence-electron chi connectivity index (χ1n) is 11.9. The first kappa shape index (κ1) is 28.2. The zero-order valence-electron chi connectivity index (χ0n) is 19.3. The molecule has 0 bridgehead atoms. The minimum Gasteiger partial charge on any atom is -0.379 e. The topological polar surface area (TPSA) is 78.1 Å². The van der Waals surface area contributed by atoms with Crippen molar-refractivity contribution >= 4 is 7.82 Å². The van der Waals surface area contributed by atoms with E-state index in [-0.39, 0.29) is 19.8 Å². The van der Waals surface area contributed by atoms with Crippen LogP contribution in [0.3, 0.4) is 0 Å². The largest absolute Gasteiger partial charge is 0.472 e. The van der Waals surface area contributed by atoms with Crippen molar-refractivity contribution in [3.8, 4) is 0 Å². The summed E-state index contributed by atoms with van der Waals surface area (Å²) in [4.78, 5) is 9.64. The zero-order chi connectivity index (χ0) is 22.5. The van der Waals surface area contributed by atoms with Crippen molar-refractivity contribution in [2.45, 2.75) is 77.7 Å². The van der Waals surface area contributed by atoms with Crippen molar-refractivity contribution in [3.63, 3.8) is 0 Å². The number of nitrogens with zero attached hydrogens (tertiary/aromatic N) is 1. The van der Waals surface area contributed by atoms with E-state index in [1.54, 1.807) is 0 Å². The van der Waals surface area contributed by atoms with Gasteiger partial charge in [-0.25, -0.2) is 9.13 Å².